The molecule has 0 spiro atoms. The maximum absolute atomic E-state index is 11.0. The Kier molecular flexibility index (Phi) is 3.81. The third-order valence-corrected chi connectivity index (χ3v) is 4.21. The van der Waals surface area contributed by atoms with Crippen molar-refractivity contribution in [1.29, 1.82) is 0 Å². The number of fused-ring (bicyclic) bond motifs is 1. The second-order valence-electron chi connectivity index (χ2n) is 5.96. The van der Waals surface area contributed by atoms with E-state index < -0.39 is 11.7 Å². The van der Waals surface area contributed by atoms with Gasteiger partial charge in [-0.3, -0.25) is 0 Å². The van der Waals surface area contributed by atoms with Gasteiger partial charge in [-0.25, -0.2) is 0 Å². The van der Waals surface area contributed by atoms with Crippen LogP contribution in [-0.2, 0) is 6.42 Å². The summed E-state index contributed by atoms with van der Waals surface area (Å²) in [7, 11) is 1.82. The highest BCUT2D eigenvalue weighted by Gasteiger charge is 2.46. The Balaban J connectivity index is 1.98. The van der Waals surface area contributed by atoms with E-state index in [0.29, 0.717) is 18.7 Å². The molecule has 0 aliphatic heterocycles. The third-order valence-electron chi connectivity index (χ3n) is 4.21. The summed E-state index contributed by atoms with van der Waals surface area (Å²) in [5.41, 5.74) is 1.99. The summed E-state index contributed by atoms with van der Waals surface area (Å²) in [4.78, 5) is 0. The average molecular weight is 299 g/mol. The molecule has 0 saturated carbocycles. The lowest BCUT2D eigenvalue weighted by atomic mass is 9.97. The molecule has 1 aliphatic rings. The summed E-state index contributed by atoms with van der Waals surface area (Å²) < 4.78 is 6.15. The molecule has 0 heterocycles. The highest BCUT2D eigenvalue weighted by Crippen LogP contribution is 2.42. The zero-order valence-electron chi connectivity index (χ0n) is 12.8. The van der Waals surface area contributed by atoms with E-state index in [9.17, 15) is 10.2 Å². The predicted octanol–water partition coefficient (Wildman–Crippen LogP) is 2.33. The fourth-order valence-corrected chi connectivity index (χ4v) is 3.19. The van der Waals surface area contributed by atoms with E-state index in [2.05, 4.69) is 5.32 Å². The van der Waals surface area contributed by atoms with Crippen LogP contribution >= 0.6 is 0 Å². The van der Waals surface area contributed by atoms with Gasteiger partial charge in [0.2, 0.25) is 0 Å². The largest absolute Gasteiger partial charge is 0.508 e. The molecule has 4 nitrogen and oxygen atoms in total. The first kappa shape index (κ1) is 14.9. The maximum atomic E-state index is 11.0. The van der Waals surface area contributed by atoms with E-state index in [4.69, 9.17) is 4.74 Å². The lowest BCUT2D eigenvalue weighted by Crippen LogP contribution is -2.45. The van der Waals surface area contributed by atoms with Gasteiger partial charge in [-0.1, -0.05) is 24.3 Å². The smallest absolute Gasteiger partial charge is 0.154 e. The number of likely N-dealkylation sites (N-methyl/N-ethyl adjacent to an activating group) is 1. The van der Waals surface area contributed by atoms with Crippen molar-refractivity contribution >= 4 is 0 Å². The minimum absolute atomic E-state index is 0.210. The second-order valence-corrected chi connectivity index (χ2v) is 5.96. The summed E-state index contributed by atoms with van der Waals surface area (Å²) >= 11 is 0. The first-order valence-electron chi connectivity index (χ1n) is 7.44. The number of aryl methyl sites for hydroxylation is 1. The molecule has 0 unspecified atom stereocenters. The van der Waals surface area contributed by atoms with Crippen LogP contribution in [-0.4, -0.2) is 29.4 Å². The van der Waals surface area contributed by atoms with Crippen molar-refractivity contribution in [1.82, 2.24) is 5.32 Å². The van der Waals surface area contributed by atoms with Crippen LogP contribution in [0.2, 0.25) is 0 Å². The van der Waals surface area contributed by atoms with Crippen molar-refractivity contribution < 1.29 is 14.9 Å². The van der Waals surface area contributed by atoms with Gasteiger partial charge in [-0.05, 0) is 48.9 Å². The van der Waals surface area contributed by atoms with Crippen molar-refractivity contribution in [2.75, 3.05) is 13.6 Å². The molecule has 3 N–H and O–H groups in total. The molecule has 0 fully saturated rings. The molecule has 1 aliphatic carbocycles. The maximum Gasteiger partial charge on any atom is 0.154 e. The van der Waals surface area contributed by atoms with Gasteiger partial charge in [-0.15, -0.1) is 0 Å². The molecule has 3 rings (SSSR count). The summed E-state index contributed by atoms with van der Waals surface area (Å²) in [6, 6.07) is 13.0. The molecule has 0 amide bonds. The number of nitrogens with one attached hydrogen (secondary N) is 1. The van der Waals surface area contributed by atoms with Gasteiger partial charge < -0.3 is 20.3 Å². The Morgan fingerprint density at radius 3 is 2.77 bits per heavy atom. The van der Waals surface area contributed by atoms with Gasteiger partial charge >= 0.3 is 0 Å². The van der Waals surface area contributed by atoms with Crippen LogP contribution in [0.5, 0.6) is 11.5 Å². The van der Waals surface area contributed by atoms with Crippen LogP contribution in [0.25, 0.3) is 0 Å². The highest BCUT2D eigenvalue weighted by atomic mass is 16.5. The Bertz CT molecular complexity index is 686. The summed E-state index contributed by atoms with van der Waals surface area (Å²) in [6.07, 6.45) is 0.130. The monoisotopic (exact) mass is 299 g/mol. The van der Waals surface area contributed by atoms with Gasteiger partial charge in [0.15, 0.2) is 6.10 Å². The number of hydrogen-bond acceptors (Lipinski definition) is 4. The molecule has 22 heavy (non-hydrogen) atoms. The Hall–Kier alpha value is -2.04. The van der Waals surface area contributed by atoms with Gasteiger partial charge in [-0.2, -0.15) is 0 Å². The molecule has 0 saturated heterocycles. The minimum atomic E-state index is -0.983. The molecule has 0 aromatic heterocycles. The lowest BCUT2D eigenvalue weighted by molar-refractivity contribution is -0.0487. The van der Waals surface area contributed by atoms with Crippen LogP contribution in [0.4, 0.5) is 0 Å². The highest BCUT2D eigenvalue weighted by molar-refractivity contribution is 5.42. The fourth-order valence-electron chi connectivity index (χ4n) is 3.19. The quantitative estimate of drug-likeness (QED) is 0.811. The van der Waals surface area contributed by atoms with E-state index in [0.717, 1.165) is 16.7 Å². The average Bonchev–Trinajstić information content (AvgIpc) is 2.74. The van der Waals surface area contributed by atoms with Crippen molar-refractivity contribution in [2.24, 2.45) is 0 Å². The van der Waals surface area contributed by atoms with Crippen molar-refractivity contribution in [2.45, 2.75) is 25.0 Å². The number of ether oxygens (including phenoxy) is 1. The fraction of sp³-hybridized carbons (Fsp3) is 0.333. The Morgan fingerprint density at radius 2 is 2.05 bits per heavy atom. The normalized spacial score (nSPS) is 23.3. The van der Waals surface area contributed by atoms with E-state index in [-0.39, 0.29) is 5.75 Å². The second kappa shape index (κ2) is 5.63. The SMILES string of the molecule is CNC[C@]1(O)Cc2ccccc2[C@@H]1Oc1ccc(O)cc1C. The molecule has 2 aromatic carbocycles. The van der Waals surface area contributed by atoms with Gasteiger partial charge in [0.25, 0.3) is 0 Å². The van der Waals surface area contributed by atoms with Crippen LogP contribution in [0.3, 0.4) is 0 Å². The van der Waals surface area contributed by atoms with E-state index in [1.54, 1.807) is 18.2 Å². The van der Waals surface area contributed by atoms with Gasteiger partial charge in [0.05, 0.1) is 0 Å². The number of aromatic hydroxyl groups is 1. The zero-order chi connectivity index (χ0) is 15.7. The molecule has 0 bridgehead atoms. The van der Waals surface area contributed by atoms with Crippen molar-refractivity contribution in [3.05, 3.63) is 59.2 Å². The standard InChI is InChI=1S/C18H21NO3/c1-12-9-14(20)7-8-16(12)22-17-15-6-4-3-5-13(15)10-18(17,21)11-19-2/h3-9,17,19-21H,10-11H2,1-2H3/t17-,18+/m0/s1. The van der Waals surface area contributed by atoms with Gasteiger partial charge in [0, 0.05) is 13.0 Å². The summed E-state index contributed by atoms with van der Waals surface area (Å²) in [6.45, 7) is 2.33. The number of hydrogen-bond donors (Lipinski definition) is 3. The molecule has 2 aromatic rings. The molecular formula is C18H21NO3. The molecule has 0 radical (unpaired) electrons. The molecular weight excluding hydrogens is 278 g/mol. The molecule has 4 heteroatoms. The zero-order valence-corrected chi connectivity index (χ0v) is 12.8. The van der Waals surface area contributed by atoms with E-state index in [1.807, 2.05) is 38.2 Å². The minimum Gasteiger partial charge on any atom is -0.508 e. The third kappa shape index (κ3) is 2.56. The van der Waals surface area contributed by atoms with Crippen molar-refractivity contribution in [3.8, 4) is 11.5 Å². The number of rotatable bonds is 4. The number of phenolic OH excluding ortho intramolecular Hbond substituents is 1. The predicted molar refractivity (Wildman–Crippen MR) is 85.2 cm³/mol. The first-order valence-corrected chi connectivity index (χ1v) is 7.44. The van der Waals surface area contributed by atoms with Gasteiger partial charge in [0.1, 0.15) is 17.1 Å². The van der Waals surface area contributed by atoms with Crippen LogP contribution < -0.4 is 10.1 Å². The molecule has 116 valence electrons. The van der Waals surface area contributed by atoms with Crippen molar-refractivity contribution in [3.63, 3.8) is 0 Å². The van der Waals surface area contributed by atoms with E-state index in [1.165, 1.54) is 0 Å². The first-order chi connectivity index (χ1) is 10.5. The number of aliphatic hydroxyl groups is 1. The van der Waals surface area contributed by atoms with Crippen LogP contribution in [0.1, 0.15) is 22.8 Å². The van der Waals surface area contributed by atoms with E-state index >= 15 is 0 Å². The van der Waals surface area contributed by atoms with Crippen LogP contribution in [0.15, 0.2) is 42.5 Å². The Labute approximate surface area is 130 Å². The summed E-state index contributed by atoms with van der Waals surface area (Å²) in [5, 5.41) is 23.6. The molecule has 2 atom stereocenters. The Morgan fingerprint density at radius 1 is 1.27 bits per heavy atom. The lowest BCUT2D eigenvalue weighted by Gasteiger charge is -2.31. The number of phenols is 1. The number of benzene rings is 2. The topological polar surface area (TPSA) is 61.7 Å². The summed E-state index contributed by atoms with van der Waals surface area (Å²) in [5.74, 6) is 0.885. The van der Waals surface area contributed by atoms with Crippen LogP contribution in [0, 0.1) is 6.92 Å².